The number of nitrogens with one attached hydrogen (secondary N) is 3. The van der Waals surface area contributed by atoms with Gasteiger partial charge in [0, 0.05) is 49.7 Å². The lowest BCUT2D eigenvalue weighted by Gasteiger charge is -2.27. The van der Waals surface area contributed by atoms with E-state index in [2.05, 4.69) is 20.9 Å². The molecule has 2 fully saturated rings. The smallest absolute Gasteiger partial charge is 0.234 e. The van der Waals surface area contributed by atoms with Gasteiger partial charge in [0.2, 0.25) is 11.9 Å². The van der Waals surface area contributed by atoms with E-state index in [0.717, 1.165) is 42.7 Å². The number of benzene rings is 1. The van der Waals surface area contributed by atoms with Crippen molar-refractivity contribution in [2.24, 2.45) is 0 Å². The summed E-state index contributed by atoms with van der Waals surface area (Å²) in [6.07, 6.45) is 8.42. The zero-order valence-corrected chi connectivity index (χ0v) is 21.5. The van der Waals surface area contributed by atoms with Gasteiger partial charge in [-0.05, 0) is 31.7 Å². The maximum atomic E-state index is 11.3. The number of carbonyl (C=O) groups excluding carboxylic acids is 1. The Morgan fingerprint density at radius 1 is 1.06 bits per heavy atom. The molecule has 1 amide bonds. The maximum absolute atomic E-state index is 11.3. The van der Waals surface area contributed by atoms with Crippen molar-refractivity contribution in [3.05, 3.63) is 12.1 Å². The first-order valence-electron chi connectivity index (χ1n) is 12.6. The summed E-state index contributed by atoms with van der Waals surface area (Å²) in [5.74, 6) is 2.58. The van der Waals surface area contributed by atoms with Gasteiger partial charge in [-0.25, -0.2) is 4.98 Å². The molecule has 2 heterocycles. The second-order valence-electron chi connectivity index (χ2n) is 9.29. The number of hydrogen-bond acceptors (Lipinski definition) is 8. The topological polar surface area (TPSA) is 101 Å². The van der Waals surface area contributed by atoms with Crippen molar-refractivity contribution in [1.82, 2.24) is 20.6 Å². The number of carbonyl (C=O) groups is 1. The molecule has 2 aromatic rings. The van der Waals surface area contributed by atoms with E-state index in [1.54, 1.807) is 14.2 Å². The van der Waals surface area contributed by atoms with E-state index in [0.29, 0.717) is 42.6 Å². The van der Waals surface area contributed by atoms with E-state index in [1.807, 2.05) is 12.1 Å². The van der Waals surface area contributed by atoms with E-state index in [-0.39, 0.29) is 11.8 Å². The number of ether oxygens (including phenoxy) is 2. The molecule has 1 aromatic carbocycles. The van der Waals surface area contributed by atoms with Gasteiger partial charge in [-0.3, -0.25) is 4.79 Å². The Labute approximate surface area is 212 Å². The monoisotopic (exact) mass is 504 g/mol. The lowest BCUT2D eigenvalue weighted by atomic mass is 9.95. The van der Waals surface area contributed by atoms with Gasteiger partial charge in [-0.1, -0.05) is 19.3 Å². The minimum Gasteiger partial charge on any atom is -0.493 e. The molecule has 1 atom stereocenters. The van der Waals surface area contributed by atoms with Crippen molar-refractivity contribution in [2.75, 3.05) is 56.5 Å². The van der Waals surface area contributed by atoms with Gasteiger partial charge in [0.15, 0.2) is 11.5 Å². The maximum Gasteiger partial charge on any atom is 0.234 e. The average molecular weight is 505 g/mol. The van der Waals surface area contributed by atoms with Gasteiger partial charge in [-0.2, -0.15) is 4.98 Å². The predicted molar refractivity (Wildman–Crippen MR) is 140 cm³/mol. The van der Waals surface area contributed by atoms with Gasteiger partial charge in [0.25, 0.3) is 0 Å². The Kier molecular flexibility index (Phi) is 9.09. The Morgan fingerprint density at radius 3 is 2.57 bits per heavy atom. The van der Waals surface area contributed by atoms with Crippen LogP contribution in [0.2, 0.25) is 0 Å². The van der Waals surface area contributed by atoms with Gasteiger partial charge >= 0.3 is 0 Å². The van der Waals surface area contributed by atoms with Crippen LogP contribution in [0.15, 0.2) is 12.1 Å². The van der Waals surface area contributed by atoms with Crippen molar-refractivity contribution in [1.29, 1.82) is 0 Å². The van der Waals surface area contributed by atoms with Crippen LogP contribution in [0.25, 0.3) is 10.9 Å². The number of aromatic nitrogens is 2. The predicted octanol–water partition coefficient (Wildman–Crippen LogP) is 3.31. The number of amides is 1. The highest BCUT2D eigenvalue weighted by molar-refractivity contribution is 6.27. The SMILES string of the molecule is COc1cc2nc(NCCCNC(=O)CCl)nc(N3CCC(NC4CCCCC4)C3)c2cc1OC. The fourth-order valence-corrected chi connectivity index (χ4v) is 5.11. The first kappa shape index (κ1) is 25.6. The van der Waals surface area contributed by atoms with Gasteiger partial charge in [0.1, 0.15) is 11.7 Å². The number of alkyl halides is 1. The van der Waals surface area contributed by atoms with E-state index >= 15 is 0 Å². The fraction of sp³-hybridized carbons (Fsp3) is 0.640. The number of anilines is 2. The van der Waals surface area contributed by atoms with E-state index < -0.39 is 0 Å². The molecule has 192 valence electrons. The average Bonchev–Trinajstić information content (AvgIpc) is 3.35. The number of fused-ring (bicyclic) bond motifs is 1. The largest absolute Gasteiger partial charge is 0.493 e. The van der Waals surface area contributed by atoms with Gasteiger partial charge in [0.05, 0.1) is 19.7 Å². The van der Waals surface area contributed by atoms with Crippen LogP contribution in [0.3, 0.4) is 0 Å². The normalized spacial score (nSPS) is 18.6. The summed E-state index contributed by atoms with van der Waals surface area (Å²) in [6.45, 7) is 3.03. The second kappa shape index (κ2) is 12.4. The summed E-state index contributed by atoms with van der Waals surface area (Å²) >= 11 is 5.53. The lowest BCUT2D eigenvalue weighted by Crippen LogP contribution is -2.41. The highest BCUT2D eigenvalue weighted by Crippen LogP contribution is 2.36. The van der Waals surface area contributed by atoms with Gasteiger partial charge in [-0.15, -0.1) is 11.6 Å². The van der Waals surface area contributed by atoms with Crippen LogP contribution in [0.4, 0.5) is 11.8 Å². The third-order valence-corrected chi connectivity index (χ3v) is 7.07. The zero-order valence-electron chi connectivity index (χ0n) is 20.7. The fourth-order valence-electron chi connectivity index (χ4n) is 5.01. The molecule has 1 aliphatic heterocycles. The molecule has 1 aromatic heterocycles. The molecule has 35 heavy (non-hydrogen) atoms. The molecule has 9 nitrogen and oxygen atoms in total. The highest BCUT2D eigenvalue weighted by Gasteiger charge is 2.28. The van der Waals surface area contributed by atoms with Crippen LogP contribution in [-0.2, 0) is 4.79 Å². The van der Waals surface area contributed by atoms with Crippen LogP contribution < -0.4 is 30.3 Å². The third kappa shape index (κ3) is 6.58. The molecule has 0 radical (unpaired) electrons. The zero-order chi connectivity index (χ0) is 24.6. The molecule has 2 aliphatic rings. The van der Waals surface area contributed by atoms with Crippen molar-refractivity contribution in [3.63, 3.8) is 0 Å². The number of methoxy groups -OCH3 is 2. The first-order valence-corrected chi connectivity index (χ1v) is 13.2. The molecular formula is C25H37ClN6O3. The van der Waals surface area contributed by atoms with Crippen LogP contribution in [0, 0.1) is 0 Å². The molecule has 3 N–H and O–H groups in total. The number of nitrogens with zero attached hydrogens (tertiary/aromatic N) is 3. The summed E-state index contributed by atoms with van der Waals surface area (Å²) in [5, 5.41) is 10.9. The summed E-state index contributed by atoms with van der Waals surface area (Å²) < 4.78 is 11.1. The summed E-state index contributed by atoms with van der Waals surface area (Å²) in [4.78, 5) is 23.3. The van der Waals surface area contributed by atoms with Crippen molar-refractivity contribution in [3.8, 4) is 11.5 Å². The Morgan fingerprint density at radius 2 is 1.83 bits per heavy atom. The first-order chi connectivity index (χ1) is 17.1. The summed E-state index contributed by atoms with van der Waals surface area (Å²) in [7, 11) is 3.27. The molecule has 1 aliphatic carbocycles. The highest BCUT2D eigenvalue weighted by atomic mass is 35.5. The van der Waals surface area contributed by atoms with E-state index in [1.165, 1.54) is 32.1 Å². The van der Waals surface area contributed by atoms with Crippen LogP contribution >= 0.6 is 11.6 Å². The van der Waals surface area contributed by atoms with Crippen LogP contribution in [-0.4, -0.2) is 74.2 Å². The summed E-state index contributed by atoms with van der Waals surface area (Å²) in [5.41, 5.74) is 0.800. The molecule has 1 saturated heterocycles. The van der Waals surface area contributed by atoms with E-state index in [9.17, 15) is 4.79 Å². The molecule has 4 rings (SSSR count). The van der Waals surface area contributed by atoms with E-state index in [4.69, 9.17) is 31.0 Å². The van der Waals surface area contributed by atoms with Crippen molar-refractivity contribution in [2.45, 2.75) is 57.0 Å². The molecule has 1 unspecified atom stereocenters. The second-order valence-corrected chi connectivity index (χ2v) is 9.56. The minimum atomic E-state index is -0.164. The molecule has 10 heteroatoms. The molecule has 0 bridgehead atoms. The Hall–Kier alpha value is -2.52. The van der Waals surface area contributed by atoms with Crippen LogP contribution in [0.5, 0.6) is 11.5 Å². The van der Waals surface area contributed by atoms with Crippen LogP contribution in [0.1, 0.15) is 44.9 Å². The van der Waals surface area contributed by atoms with Crippen molar-refractivity contribution < 1.29 is 14.3 Å². The minimum absolute atomic E-state index is 0.0255. The quantitative estimate of drug-likeness (QED) is 0.316. The van der Waals surface area contributed by atoms with Gasteiger partial charge < -0.3 is 30.3 Å². The number of halogens is 1. The molecule has 1 saturated carbocycles. The Bertz CT molecular complexity index is 1000. The number of rotatable bonds is 11. The third-order valence-electron chi connectivity index (χ3n) is 6.83. The number of hydrogen-bond donors (Lipinski definition) is 3. The molecular weight excluding hydrogens is 468 g/mol. The van der Waals surface area contributed by atoms with Crippen molar-refractivity contribution >= 4 is 40.2 Å². The molecule has 0 spiro atoms. The Balaban J connectivity index is 1.52. The lowest BCUT2D eigenvalue weighted by molar-refractivity contribution is -0.118. The standard InChI is InChI=1S/C25H37ClN6O3/c1-34-21-13-19-20(14-22(21)35-2)30-25(28-11-6-10-27-23(33)15-26)31-24(19)32-12-9-18(16-32)29-17-7-4-3-5-8-17/h13-14,17-18,29H,3-12,15-16H2,1-2H3,(H,27,33)(H,28,30,31). The summed E-state index contributed by atoms with van der Waals surface area (Å²) in [6, 6.07) is 4.97.